The number of β-amino-alcohol motifs (C(OH)–C–C–N with tert-alkyl or cyclic N) is 1. The number of piperidine rings is 1. The van der Waals surface area contributed by atoms with Crippen LogP contribution in [0.15, 0.2) is 23.6 Å². The van der Waals surface area contributed by atoms with Gasteiger partial charge in [-0.3, -0.25) is 4.79 Å². The van der Waals surface area contributed by atoms with Crippen molar-refractivity contribution < 1.29 is 9.90 Å². The van der Waals surface area contributed by atoms with E-state index in [-0.39, 0.29) is 12.0 Å². The maximum absolute atomic E-state index is 12.8. The molecule has 1 atom stereocenters. The fourth-order valence-corrected chi connectivity index (χ4v) is 3.94. The fraction of sp³-hybridized carbons (Fsp3) is 0.438. The molecule has 1 fully saturated rings. The predicted octanol–water partition coefficient (Wildman–Crippen LogP) is 2.75. The first-order chi connectivity index (χ1) is 10.1. The minimum absolute atomic E-state index is 0.0255. The van der Waals surface area contributed by atoms with E-state index in [1.807, 2.05) is 25.3 Å². The monoisotopic (exact) mass is 304 g/mol. The van der Waals surface area contributed by atoms with Crippen molar-refractivity contribution in [1.29, 1.82) is 0 Å². The number of carbonyl (C=O) groups is 1. The maximum atomic E-state index is 12.8. The zero-order chi connectivity index (χ0) is 15.0. The summed E-state index contributed by atoms with van der Waals surface area (Å²) in [6, 6.07) is 6.02. The number of nitrogens with zero attached hydrogens (tertiary/aromatic N) is 2. The molecule has 1 N–H and O–H groups in total. The highest BCUT2D eigenvalue weighted by molar-refractivity contribution is 7.13. The Balaban J connectivity index is 1.94. The van der Waals surface area contributed by atoms with Crippen molar-refractivity contribution in [3.8, 4) is 5.00 Å². The summed E-state index contributed by atoms with van der Waals surface area (Å²) >= 11 is 1.58. The molecule has 0 spiro atoms. The van der Waals surface area contributed by atoms with Crippen LogP contribution in [0.5, 0.6) is 0 Å². The van der Waals surface area contributed by atoms with Crippen LogP contribution in [0.3, 0.4) is 0 Å². The summed E-state index contributed by atoms with van der Waals surface area (Å²) < 4.78 is 2.12. The van der Waals surface area contributed by atoms with E-state index in [0.717, 1.165) is 41.3 Å². The second-order valence-electron chi connectivity index (χ2n) is 5.64. The number of aliphatic hydroxyl groups excluding tert-OH is 1. The van der Waals surface area contributed by atoms with Crippen LogP contribution >= 0.6 is 11.3 Å². The lowest BCUT2D eigenvalue weighted by Gasteiger charge is -2.30. The van der Waals surface area contributed by atoms with Gasteiger partial charge >= 0.3 is 0 Å². The van der Waals surface area contributed by atoms with Crippen molar-refractivity contribution in [2.75, 3.05) is 13.1 Å². The number of hydrogen-bond donors (Lipinski definition) is 1. The second-order valence-corrected chi connectivity index (χ2v) is 6.53. The van der Waals surface area contributed by atoms with Crippen molar-refractivity contribution in [2.45, 2.75) is 32.8 Å². The van der Waals surface area contributed by atoms with Crippen LogP contribution in [0.1, 0.15) is 34.6 Å². The molecule has 1 unspecified atom stereocenters. The molecule has 21 heavy (non-hydrogen) atoms. The van der Waals surface area contributed by atoms with Crippen LogP contribution in [0.2, 0.25) is 0 Å². The molecule has 0 saturated carbocycles. The summed E-state index contributed by atoms with van der Waals surface area (Å²) in [5.41, 5.74) is 2.99. The lowest BCUT2D eigenvalue weighted by atomic mass is 10.1. The second kappa shape index (κ2) is 5.66. The summed E-state index contributed by atoms with van der Waals surface area (Å²) in [5.74, 6) is 0.0255. The van der Waals surface area contributed by atoms with Gasteiger partial charge in [0.05, 0.1) is 11.7 Å². The van der Waals surface area contributed by atoms with Gasteiger partial charge in [-0.2, -0.15) is 0 Å². The van der Waals surface area contributed by atoms with Gasteiger partial charge in [-0.1, -0.05) is 0 Å². The number of aryl methyl sites for hydroxylation is 2. The average molecular weight is 304 g/mol. The highest BCUT2D eigenvalue weighted by atomic mass is 32.1. The van der Waals surface area contributed by atoms with E-state index in [9.17, 15) is 9.90 Å². The van der Waals surface area contributed by atoms with E-state index in [0.29, 0.717) is 6.54 Å². The number of thiophene rings is 1. The Morgan fingerprint density at radius 1 is 1.29 bits per heavy atom. The maximum Gasteiger partial charge on any atom is 0.256 e. The van der Waals surface area contributed by atoms with Gasteiger partial charge in [0, 0.05) is 24.5 Å². The highest BCUT2D eigenvalue weighted by Gasteiger charge is 2.26. The zero-order valence-corrected chi connectivity index (χ0v) is 13.2. The van der Waals surface area contributed by atoms with Gasteiger partial charge in [-0.25, -0.2) is 0 Å². The molecule has 5 heteroatoms. The quantitative estimate of drug-likeness (QED) is 0.927. The average Bonchev–Trinajstić information content (AvgIpc) is 3.05. The SMILES string of the molecule is Cc1ccc(C)n1-c1sccc1C(=O)N1CCCC(O)C1. The van der Waals surface area contributed by atoms with Crippen LogP contribution in [0.25, 0.3) is 5.00 Å². The van der Waals surface area contributed by atoms with Crippen LogP contribution < -0.4 is 0 Å². The minimum Gasteiger partial charge on any atom is -0.391 e. The van der Waals surface area contributed by atoms with Gasteiger partial charge in [0.1, 0.15) is 5.00 Å². The van der Waals surface area contributed by atoms with Crippen molar-refractivity contribution in [3.05, 3.63) is 40.5 Å². The normalized spacial score (nSPS) is 19.0. The molecule has 0 aromatic carbocycles. The minimum atomic E-state index is -0.389. The van der Waals surface area contributed by atoms with Crippen molar-refractivity contribution >= 4 is 17.2 Å². The van der Waals surface area contributed by atoms with Gasteiger partial charge in [-0.05, 0) is 50.3 Å². The number of amides is 1. The van der Waals surface area contributed by atoms with Crippen LogP contribution in [0, 0.1) is 13.8 Å². The Labute approximate surface area is 128 Å². The van der Waals surface area contributed by atoms with E-state index >= 15 is 0 Å². The summed E-state index contributed by atoms with van der Waals surface area (Å²) in [6.45, 7) is 5.27. The number of aromatic nitrogens is 1. The van der Waals surface area contributed by atoms with E-state index < -0.39 is 0 Å². The van der Waals surface area contributed by atoms with Gasteiger partial charge < -0.3 is 14.6 Å². The number of rotatable bonds is 2. The summed E-state index contributed by atoms with van der Waals surface area (Å²) in [5, 5.41) is 12.7. The largest absolute Gasteiger partial charge is 0.391 e. The highest BCUT2D eigenvalue weighted by Crippen LogP contribution is 2.27. The molecule has 0 bridgehead atoms. The van der Waals surface area contributed by atoms with Crippen LogP contribution in [-0.2, 0) is 0 Å². The first kappa shape index (κ1) is 14.4. The molecule has 4 nitrogen and oxygen atoms in total. The topological polar surface area (TPSA) is 45.5 Å². The molecule has 1 saturated heterocycles. The molecular formula is C16H20N2O2S. The van der Waals surface area contributed by atoms with Crippen LogP contribution in [-0.4, -0.2) is 39.7 Å². The molecule has 2 aromatic rings. The molecule has 1 aliphatic heterocycles. The molecule has 0 aliphatic carbocycles. The molecule has 3 heterocycles. The first-order valence-electron chi connectivity index (χ1n) is 7.28. The third kappa shape index (κ3) is 2.63. The van der Waals surface area contributed by atoms with Gasteiger partial charge in [0.15, 0.2) is 0 Å². The van der Waals surface area contributed by atoms with E-state index in [1.165, 1.54) is 0 Å². The molecule has 0 radical (unpaired) electrons. The Kier molecular flexibility index (Phi) is 3.87. The van der Waals surface area contributed by atoms with Gasteiger partial charge in [0.25, 0.3) is 5.91 Å². The Morgan fingerprint density at radius 2 is 2.00 bits per heavy atom. The first-order valence-corrected chi connectivity index (χ1v) is 8.16. The molecule has 3 rings (SSSR count). The van der Waals surface area contributed by atoms with Crippen molar-refractivity contribution in [2.24, 2.45) is 0 Å². The number of hydrogen-bond acceptors (Lipinski definition) is 3. The van der Waals surface area contributed by atoms with E-state index in [2.05, 4.69) is 16.7 Å². The van der Waals surface area contributed by atoms with Crippen molar-refractivity contribution in [3.63, 3.8) is 0 Å². The zero-order valence-electron chi connectivity index (χ0n) is 12.4. The predicted molar refractivity (Wildman–Crippen MR) is 84.3 cm³/mol. The summed E-state index contributed by atoms with van der Waals surface area (Å²) in [4.78, 5) is 14.5. The number of carbonyl (C=O) groups excluding carboxylic acids is 1. The standard InChI is InChI=1S/C16H20N2O2S/c1-11-5-6-12(2)18(11)16-14(7-9-21-16)15(20)17-8-3-4-13(19)10-17/h5-7,9,13,19H,3-4,8,10H2,1-2H3. The third-order valence-corrected chi connectivity index (χ3v) is 4.93. The van der Waals surface area contributed by atoms with E-state index in [1.54, 1.807) is 16.2 Å². The Morgan fingerprint density at radius 3 is 2.67 bits per heavy atom. The lowest BCUT2D eigenvalue weighted by molar-refractivity contribution is 0.0474. The number of aliphatic hydroxyl groups is 1. The third-order valence-electron chi connectivity index (χ3n) is 4.03. The Hall–Kier alpha value is -1.59. The fourth-order valence-electron chi connectivity index (χ4n) is 2.94. The molecule has 1 aliphatic rings. The molecule has 1 amide bonds. The van der Waals surface area contributed by atoms with E-state index in [4.69, 9.17) is 0 Å². The van der Waals surface area contributed by atoms with Gasteiger partial charge in [-0.15, -0.1) is 11.3 Å². The van der Waals surface area contributed by atoms with Gasteiger partial charge in [0.2, 0.25) is 0 Å². The van der Waals surface area contributed by atoms with Crippen molar-refractivity contribution in [1.82, 2.24) is 9.47 Å². The summed E-state index contributed by atoms with van der Waals surface area (Å²) in [7, 11) is 0. The molecular weight excluding hydrogens is 284 g/mol. The smallest absolute Gasteiger partial charge is 0.256 e. The van der Waals surface area contributed by atoms with Crippen LogP contribution in [0.4, 0.5) is 0 Å². The molecule has 2 aromatic heterocycles. The number of likely N-dealkylation sites (tertiary alicyclic amines) is 1. The summed E-state index contributed by atoms with van der Waals surface area (Å²) in [6.07, 6.45) is 1.27. The molecule has 112 valence electrons. The Bertz CT molecular complexity index is 640. The lowest BCUT2D eigenvalue weighted by Crippen LogP contribution is -2.42.